The lowest BCUT2D eigenvalue weighted by Crippen LogP contribution is -2.64. The molecular weight excluding hydrogens is 340 g/mol. The normalized spacial score (nSPS) is 22.3. The van der Waals surface area contributed by atoms with Crippen LogP contribution in [0.2, 0.25) is 0 Å². The van der Waals surface area contributed by atoms with Crippen molar-refractivity contribution in [3.05, 3.63) is 29.8 Å². The minimum absolute atomic E-state index is 0.0224. The van der Waals surface area contributed by atoms with Crippen molar-refractivity contribution < 1.29 is 13.2 Å². The number of nitrogens with two attached hydrogens (primary N) is 1. The van der Waals surface area contributed by atoms with Crippen molar-refractivity contribution in [1.82, 2.24) is 14.7 Å². The van der Waals surface area contributed by atoms with E-state index in [-0.39, 0.29) is 16.3 Å². The Morgan fingerprint density at radius 2 is 1.64 bits per heavy atom. The van der Waals surface area contributed by atoms with Crippen LogP contribution >= 0.6 is 0 Å². The Hall–Kier alpha value is -1.48. The fourth-order valence-electron chi connectivity index (χ4n) is 3.78. The van der Waals surface area contributed by atoms with Gasteiger partial charge in [0.1, 0.15) is 0 Å². The Morgan fingerprint density at radius 3 is 2.20 bits per heavy atom. The second-order valence-electron chi connectivity index (χ2n) is 7.25. The monoisotopic (exact) mass is 366 g/mol. The standard InChI is InChI=1S/C17H26N4O3S/c1-19-9-7-17(8-10-19)13-21(12-11-20(17)2)16(22)14-3-5-15(6-4-14)25(18,23)24/h3-6H,7-13H2,1-2H3,(H2,18,23,24). The van der Waals surface area contributed by atoms with Crippen LogP contribution in [0.5, 0.6) is 0 Å². The van der Waals surface area contributed by atoms with Gasteiger partial charge in [0, 0.05) is 30.7 Å². The molecule has 0 unspecified atom stereocenters. The highest BCUT2D eigenvalue weighted by atomic mass is 32.2. The number of piperazine rings is 1. The lowest BCUT2D eigenvalue weighted by atomic mass is 9.83. The zero-order valence-corrected chi connectivity index (χ0v) is 15.6. The molecule has 2 aliphatic heterocycles. The number of piperidine rings is 1. The molecule has 8 heteroatoms. The first-order valence-corrected chi connectivity index (χ1v) is 10.1. The molecule has 3 rings (SSSR count). The Labute approximate surface area is 149 Å². The highest BCUT2D eigenvalue weighted by molar-refractivity contribution is 7.89. The van der Waals surface area contributed by atoms with Crippen molar-refractivity contribution in [2.75, 3.05) is 46.8 Å². The second kappa shape index (κ2) is 6.68. The number of likely N-dealkylation sites (N-methyl/N-ethyl adjacent to an activating group) is 1. The third kappa shape index (κ3) is 3.72. The molecule has 1 aromatic rings. The van der Waals surface area contributed by atoms with Crippen LogP contribution in [-0.4, -0.2) is 81.4 Å². The molecular formula is C17H26N4O3S. The maximum atomic E-state index is 12.9. The van der Waals surface area contributed by atoms with Crippen LogP contribution in [0.15, 0.2) is 29.2 Å². The molecule has 1 amide bonds. The van der Waals surface area contributed by atoms with Gasteiger partial charge in [-0.2, -0.15) is 0 Å². The van der Waals surface area contributed by atoms with Gasteiger partial charge in [0.05, 0.1) is 4.90 Å². The number of carbonyl (C=O) groups excluding carboxylic acids is 1. The van der Waals surface area contributed by atoms with Gasteiger partial charge in [-0.1, -0.05) is 0 Å². The van der Waals surface area contributed by atoms with Crippen LogP contribution in [0, 0.1) is 0 Å². The maximum Gasteiger partial charge on any atom is 0.253 e. The largest absolute Gasteiger partial charge is 0.336 e. The van der Waals surface area contributed by atoms with Gasteiger partial charge in [-0.05, 0) is 64.3 Å². The molecule has 2 heterocycles. The molecule has 0 aliphatic carbocycles. The number of benzene rings is 1. The van der Waals surface area contributed by atoms with Crippen molar-refractivity contribution in [1.29, 1.82) is 0 Å². The lowest BCUT2D eigenvalue weighted by Gasteiger charge is -2.52. The number of carbonyl (C=O) groups is 1. The third-order valence-corrected chi connectivity index (χ3v) is 6.56. The number of primary sulfonamides is 1. The van der Waals surface area contributed by atoms with E-state index in [2.05, 4.69) is 23.9 Å². The van der Waals surface area contributed by atoms with Crippen molar-refractivity contribution in [3.63, 3.8) is 0 Å². The fourth-order valence-corrected chi connectivity index (χ4v) is 4.30. The summed E-state index contributed by atoms with van der Waals surface area (Å²) in [5.41, 5.74) is 0.543. The van der Waals surface area contributed by atoms with E-state index in [0.717, 1.165) is 32.5 Å². The van der Waals surface area contributed by atoms with Crippen LogP contribution in [0.3, 0.4) is 0 Å². The van der Waals surface area contributed by atoms with Crippen LogP contribution in [0.1, 0.15) is 23.2 Å². The van der Waals surface area contributed by atoms with Crippen LogP contribution in [0.25, 0.3) is 0 Å². The zero-order chi connectivity index (χ0) is 18.2. The highest BCUT2D eigenvalue weighted by Gasteiger charge is 2.42. The Balaban J connectivity index is 1.76. The Morgan fingerprint density at radius 1 is 1.04 bits per heavy atom. The average molecular weight is 366 g/mol. The summed E-state index contributed by atoms with van der Waals surface area (Å²) in [6, 6.07) is 5.87. The number of hydrogen-bond donors (Lipinski definition) is 1. The smallest absolute Gasteiger partial charge is 0.253 e. The number of amides is 1. The second-order valence-corrected chi connectivity index (χ2v) is 8.81. The first kappa shape index (κ1) is 18.3. The minimum Gasteiger partial charge on any atom is -0.336 e. The summed E-state index contributed by atoms with van der Waals surface area (Å²) in [6.07, 6.45) is 2.10. The molecule has 2 fully saturated rings. The van der Waals surface area contributed by atoms with Gasteiger partial charge >= 0.3 is 0 Å². The van der Waals surface area contributed by atoms with Gasteiger partial charge < -0.3 is 9.80 Å². The van der Waals surface area contributed by atoms with Crippen molar-refractivity contribution >= 4 is 15.9 Å². The summed E-state index contributed by atoms with van der Waals surface area (Å²) in [6.45, 7) is 4.33. The summed E-state index contributed by atoms with van der Waals surface area (Å²) in [4.78, 5) is 19.5. The van der Waals surface area contributed by atoms with Crippen LogP contribution in [0.4, 0.5) is 0 Å². The summed E-state index contributed by atoms with van der Waals surface area (Å²) in [7, 11) is 0.536. The molecule has 2 aliphatic rings. The van der Waals surface area contributed by atoms with Gasteiger partial charge in [0.2, 0.25) is 10.0 Å². The molecule has 2 N–H and O–H groups in total. The summed E-state index contributed by atoms with van der Waals surface area (Å²) in [5, 5.41) is 5.11. The van der Waals surface area contributed by atoms with Crippen LogP contribution < -0.4 is 5.14 Å². The van der Waals surface area contributed by atoms with Crippen molar-refractivity contribution in [2.24, 2.45) is 5.14 Å². The first-order chi connectivity index (χ1) is 11.7. The van der Waals surface area contributed by atoms with Gasteiger partial charge in [-0.25, -0.2) is 13.6 Å². The quantitative estimate of drug-likeness (QED) is 0.807. The first-order valence-electron chi connectivity index (χ1n) is 8.53. The molecule has 25 heavy (non-hydrogen) atoms. The minimum atomic E-state index is -3.74. The van der Waals surface area contributed by atoms with E-state index in [4.69, 9.17) is 5.14 Å². The summed E-state index contributed by atoms with van der Waals surface area (Å²) in [5.74, 6) is -0.0487. The molecule has 2 saturated heterocycles. The Bertz CT molecular complexity index is 740. The van der Waals surface area contributed by atoms with Crippen molar-refractivity contribution in [3.8, 4) is 0 Å². The molecule has 0 radical (unpaired) electrons. The molecule has 1 spiro atoms. The number of sulfonamides is 1. The van der Waals surface area contributed by atoms with Gasteiger partial charge in [-0.15, -0.1) is 0 Å². The number of likely N-dealkylation sites (tertiary alicyclic amines) is 1. The van der Waals surface area contributed by atoms with Gasteiger partial charge in [0.25, 0.3) is 5.91 Å². The summed E-state index contributed by atoms with van der Waals surface area (Å²) < 4.78 is 22.7. The predicted molar refractivity (Wildman–Crippen MR) is 95.8 cm³/mol. The van der Waals surface area contributed by atoms with Crippen molar-refractivity contribution in [2.45, 2.75) is 23.3 Å². The van der Waals surface area contributed by atoms with E-state index in [0.29, 0.717) is 18.7 Å². The number of hydrogen-bond acceptors (Lipinski definition) is 5. The molecule has 7 nitrogen and oxygen atoms in total. The Kier molecular flexibility index (Phi) is 4.89. The molecule has 0 aromatic heterocycles. The SMILES string of the molecule is CN1CCC2(CC1)CN(C(=O)c1ccc(S(N)(=O)=O)cc1)CCN2C. The maximum absolute atomic E-state index is 12.9. The van der Waals surface area contributed by atoms with Gasteiger partial charge in [0.15, 0.2) is 0 Å². The highest BCUT2D eigenvalue weighted by Crippen LogP contribution is 2.31. The van der Waals surface area contributed by atoms with E-state index >= 15 is 0 Å². The molecule has 0 bridgehead atoms. The van der Waals surface area contributed by atoms with E-state index < -0.39 is 10.0 Å². The number of nitrogens with zero attached hydrogens (tertiary/aromatic N) is 3. The molecule has 138 valence electrons. The van der Waals surface area contributed by atoms with E-state index in [1.165, 1.54) is 12.1 Å². The van der Waals surface area contributed by atoms with E-state index in [9.17, 15) is 13.2 Å². The fraction of sp³-hybridized carbons (Fsp3) is 0.588. The van der Waals surface area contributed by atoms with E-state index in [1.54, 1.807) is 12.1 Å². The lowest BCUT2D eigenvalue weighted by molar-refractivity contribution is -0.0170. The third-order valence-electron chi connectivity index (χ3n) is 5.64. The predicted octanol–water partition coefficient (Wildman–Crippen LogP) is 0.186. The number of rotatable bonds is 2. The molecule has 1 aromatic carbocycles. The average Bonchev–Trinajstić information content (AvgIpc) is 2.59. The molecule has 0 atom stereocenters. The molecule has 0 saturated carbocycles. The van der Waals surface area contributed by atoms with Gasteiger partial charge in [-0.3, -0.25) is 9.69 Å². The summed E-state index contributed by atoms with van der Waals surface area (Å²) >= 11 is 0. The van der Waals surface area contributed by atoms with E-state index in [1.807, 2.05) is 4.90 Å². The topological polar surface area (TPSA) is 87.0 Å². The zero-order valence-electron chi connectivity index (χ0n) is 14.8. The van der Waals surface area contributed by atoms with Crippen LogP contribution in [-0.2, 0) is 10.0 Å².